The van der Waals surface area contributed by atoms with Gasteiger partial charge in [-0.25, -0.2) is 4.79 Å². The van der Waals surface area contributed by atoms with Crippen molar-refractivity contribution in [1.82, 2.24) is 14.7 Å². The molecule has 0 aromatic heterocycles. The van der Waals surface area contributed by atoms with Crippen LogP contribution in [0.4, 0.5) is 4.79 Å². The molecule has 146 valence electrons. The number of urea groups is 1. The third-order valence-electron chi connectivity index (χ3n) is 7.12. The van der Waals surface area contributed by atoms with E-state index in [1.165, 1.54) is 11.1 Å². The zero-order valence-electron chi connectivity index (χ0n) is 16.8. The highest BCUT2D eigenvalue weighted by molar-refractivity contribution is 6.07. The summed E-state index contributed by atoms with van der Waals surface area (Å²) in [4.78, 5) is 32.8. The van der Waals surface area contributed by atoms with Crippen LogP contribution in [0.3, 0.4) is 0 Å². The lowest BCUT2D eigenvalue weighted by Gasteiger charge is -2.43. The molecule has 1 spiro atoms. The summed E-state index contributed by atoms with van der Waals surface area (Å²) in [6, 6.07) is 8.76. The van der Waals surface area contributed by atoms with E-state index in [4.69, 9.17) is 0 Å². The number of piperidine rings is 1. The van der Waals surface area contributed by atoms with Crippen molar-refractivity contribution in [3.63, 3.8) is 0 Å². The molecule has 2 fully saturated rings. The average molecular weight is 370 g/mol. The van der Waals surface area contributed by atoms with Crippen LogP contribution in [0, 0.1) is 0 Å². The fraction of sp³-hybridized carbons (Fsp3) is 0.636. The van der Waals surface area contributed by atoms with Crippen LogP contribution < -0.4 is 0 Å². The number of hydrogen-bond donors (Lipinski definition) is 0. The van der Waals surface area contributed by atoms with Gasteiger partial charge >= 0.3 is 6.03 Å². The van der Waals surface area contributed by atoms with Crippen molar-refractivity contribution in [2.45, 2.75) is 70.5 Å². The Morgan fingerprint density at radius 2 is 1.67 bits per heavy atom. The van der Waals surface area contributed by atoms with Gasteiger partial charge in [-0.05, 0) is 57.1 Å². The number of rotatable bonds is 4. The van der Waals surface area contributed by atoms with Gasteiger partial charge in [0.05, 0.1) is 0 Å². The molecule has 1 atom stereocenters. The monoisotopic (exact) mass is 369 g/mol. The Morgan fingerprint density at radius 3 is 2.19 bits per heavy atom. The predicted molar refractivity (Wildman–Crippen MR) is 106 cm³/mol. The first-order valence-electron chi connectivity index (χ1n) is 10.5. The smallest absolute Gasteiger partial charge is 0.310 e. The van der Waals surface area contributed by atoms with Gasteiger partial charge in [-0.2, -0.15) is 0 Å². The van der Waals surface area contributed by atoms with E-state index in [9.17, 15) is 9.59 Å². The maximum absolute atomic E-state index is 13.6. The maximum Gasteiger partial charge on any atom is 0.327 e. The van der Waals surface area contributed by atoms with Gasteiger partial charge in [0.25, 0.3) is 5.91 Å². The molecule has 5 nitrogen and oxygen atoms in total. The Hall–Kier alpha value is -1.88. The fourth-order valence-electron chi connectivity index (χ4n) is 5.29. The number of hydrogen-bond acceptors (Lipinski definition) is 3. The number of imide groups is 1. The molecule has 1 aromatic carbocycles. The first-order valence-corrected chi connectivity index (χ1v) is 10.5. The number of benzene rings is 1. The maximum atomic E-state index is 13.6. The average Bonchev–Trinajstić information content (AvgIpc) is 3.19. The summed E-state index contributed by atoms with van der Waals surface area (Å²) in [5.41, 5.74) is 1.93. The zero-order valence-corrected chi connectivity index (χ0v) is 16.8. The van der Waals surface area contributed by atoms with Gasteiger partial charge in [0.1, 0.15) is 5.54 Å². The Kier molecular flexibility index (Phi) is 4.75. The summed E-state index contributed by atoms with van der Waals surface area (Å²) >= 11 is 0. The van der Waals surface area contributed by atoms with Gasteiger partial charge in [0, 0.05) is 31.7 Å². The molecule has 0 bridgehead atoms. The number of likely N-dealkylation sites (tertiary alicyclic amines) is 1. The minimum Gasteiger partial charge on any atom is -0.310 e. The summed E-state index contributed by atoms with van der Waals surface area (Å²) in [5, 5.41) is 0. The lowest BCUT2D eigenvalue weighted by atomic mass is 9.85. The quantitative estimate of drug-likeness (QED) is 0.766. The summed E-state index contributed by atoms with van der Waals surface area (Å²) in [7, 11) is 0. The molecule has 1 aromatic rings. The third kappa shape index (κ3) is 2.78. The van der Waals surface area contributed by atoms with Crippen molar-refractivity contribution in [1.29, 1.82) is 0 Å². The van der Waals surface area contributed by atoms with Crippen LogP contribution in [0.25, 0.3) is 0 Å². The van der Waals surface area contributed by atoms with Crippen LogP contribution in [0.1, 0.15) is 51.2 Å². The van der Waals surface area contributed by atoms with E-state index in [1.54, 1.807) is 4.90 Å². The molecule has 5 heteroatoms. The number of carbonyl (C=O) groups is 2. The van der Waals surface area contributed by atoms with E-state index in [0.29, 0.717) is 12.6 Å². The Morgan fingerprint density at radius 1 is 1.07 bits per heavy atom. The minimum atomic E-state index is -0.620. The third-order valence-corrected chi connectivity index (χ3v) is 7.12. The second-order valence-electron chi connectivity index (χ2n) is 8.36. The molecule has 1 aliphatic carbocycles. The normalized spacial score (nSPS) is 24.1. The Bertz CT molecular complexity index is 714. The highest BCUT2D eigenvalue weighted by atomic mass is 16.2. The van der Waals surface area contributed by atoms with Crippen LogP contribution in [-0.2, 0) is 17.6 Å². The molecule has 2 saturated heterocycles. The molecule has 0 unspecified atom stereocenters. The largest absolute Gasteiger partial charge is 0.327 e. The lowest BCUT2D eigenvalue weighted by Crippen LogP contribution is -2.57. The van der Waals surface area contributed by atoms with E-state index in [1.807, 2.05) is 24.0 Å². The topological polar surface area (TPSA) is 43.9 Å². The minimum absolute atomic E-state index is 0.0246. The van der Waals surface area contributed by atoms with Gasteiger partial charge in [-0.3, -0.25) is 9.69 Å². The van der Waals surface area contributed by atoms with Crippen LogP contribution in [0.2, 0.25) is 0 Å². The molecule has 0 N–H and O–H groups in total. The van der Waals surface area contributed by atoms with Gasteiger partial charge in [-0.15, -0.1) is 0 Å². The first kappa shape index (κ1) is 18.5. The summed E-state index contributed by atoms with van der Waals surface area (Å²) in [5.74, 6) is 0.0518. The van der Waals surface area contributed by atoms with Crippen molar-refractivity contribution >= 4 is 11.9 Å². The van der Waals surface area contributed by atoms with E-state index in [0.717, 1.165) is 45.2 Å². The Balaban J connectivity index is 1.57. The van der Waals surface area contributed by atoms with Crippen molar-refractivity contribution in [3.05, 3.63) is 35.4 Å². The van der Waals surface area contributed by atoms with Gasteiger partial charge in [0.15, 0.2) is 0 Å². The highest BCUT2D eigenvalue weighted by Crippen LogP contribution is 2.40. The summed E-state index contributed by atoms with van der Waals surface area (Å²) in [6.45, 7) is 8.84. The summed E-state index contributed by atoms with van der Waals surface area (Å²) < 4.78 is 0. The van der Waals surface area contributed by atoms with E-state index in [2.05, 4.69) is 30.9 Å². The van der Waals surface area contributed by atoms with E-state index in [-0.39, 0.29) is 18.0 Å². The van der Waals surface area contributed by atoms with Crippen molar-refractivity contribution in [2.75, 3.05) is 19.6 Å². The predicted octanol–water partition coefficient (Wildman–Crippen LogP) is 3.07. The van der Waals surface area contributed by atoms with E-state index < -0.39 is 5.54 Å². The van der Waals surface area contributed by atoms with E-state index >= 15 is 0 Å². The van der Waals surface area contributed by atoms with Crippen LogP contribution in [-0.4, -0.2) is 63.9 Å². The van der Waals surface area contributed by atoms with Gasteiger partial charge in [-0.1, -0.05) is 31.2 Å². The number of fused-ring (bicyclic) bond motifs is 1. The molecule has 3 aliphatic rings. The lowest BCUT2D eigenvalue weighted by molar-refractivity contribution is -0.137. The standard InChI is InChI=1S/C22H31N3O2/c1-4-16(3)23-12-10-22(11-13-23)20(26)25(21(27)24(22)5-2)19-14-17-8-6-7-9-18(17)15-19/h6-9,16,19H,4-5,10-15H2,1-3H3/t16-/m1/s1. The zero-order chi connectivity index (χ0) is 19.2. The van der Waals surface area contributed by atoms with Crippen LogP contribution in [0.5, 0.6) is 0 Å². The number of nitrogens with zero attached hydrogens (tertiary/aromatic N) is 3. The molecule has 0 saturated carbocycles. The summed E-state index contributed by atoms with van der Waals surface area (Å²) in [6.07, 6.45) is 4.21. The fourth-order valence-corrected chi connectivity index (χ4v) is 5.29. The first-order chi connectivity index (χ1) is 13.0. The second-order valence-corrected chi connectivity index (χ2v) is 8.36. The van der Waals surface area contributed by atoms with Crippen LogP contribution >= 0.6 is 0 Å². The molecule has 2 aliphatic heterocycles. The molecule has 4 rings (SSSR count). The molecule has 0 radical (unpaired) electrons. The SMILES string of the molecule is CC[C@@H](C)N1CCC2(CC1)C(=O)N(C1Cc3ccccc3C1)C(=O)N2CC. The van der Waals surface area contributed by atoms with Crippen LogP contribution in [0.15, 0.2) is 24.3 Å². The highest BCUT2D eigenvalue weighted by Gasteiger charge is 2.59. The number of carbonyl (C=O) groups excluding carboxylic acids is 2. The van der Waals surface area contributed by atoms with Gasteiger partial charge < -0.3 is 9.80 Å². The molecular formula is C22H31N3O2. The Labute approximate surface area is 162 Å². The van der Waals surface area contributed by atoms with Crippen molar-refractivity contribution in [3.8, 4) is 0 Å². The van der Waals surface area contributed by atoms with Gasteiger partial charge in [0.2, 0.25) is 0 Å². The molecule has 2 heterocycles. The molecule has 3 amide bonds. The molecule has 27 heavy (non-hydrogen) atoms. The second kappa shape index (κ2) is 6.93. The number of likely N-dealkylation sites (N-methyl/N-ethyl adjacent to an activating group) is 1. The number of amides is 3. The van der Waals surface area contributed by atoms with Crippen molar-refractivity contribution in [2.24, 2.45) is 0 Å². The van der Waals surface area contributed by atoms with Crippen molar-refractivity contribution < 1.29 is 9.59 Å². The molecular weight excluding hydrogens is 338 g/mol.